The zero-order valence-corrected chi connectivity index (χ0v) is 16.8. The number of aryl methyl sites for hydroxylation is 1. The highest BCUT2D eigenvalue weighted by Crippen LogP contribution is 2.18. The summed E-state index contributed by atoms with van der Waals surface area (Å²) in [6.07, 6.45) is 0. The normalized spacial score (nSPS) is 11.4. The molecule has 0 bridgehead atoms. The van der Waals surface area contributed by atoms with Crippen LogP contribution in [-0.4, -0.2) is 34.8 Å². The molecule has 1 heterocycles. The molecule has 0 fully saturated rings. The minimum atomic E-state index is -0.208. The standard InChI is InChI=1S/C21H25FN6O/c1-4-23-21(24-12-15-5-10-18(22)14(2)11-15)25-13-19-26-20(28-27-19)16-6-8-17(29-3)9-7-16/h5-11H,4,12-13H2,1-3H3,(H2,23,24,25)(H,26,27,28). The van der Waals surface area contributed by atoms with Crippen molar-refractivity contribution in [3.8, 4) is 17.1 Å². The lowest BCUT2D eigenvalue weighted by Gasteiger charge is -2.10. The molecule has 2 aromatic carbocycles. The number of benzene rings is 2. The summed E-state index contributed by atoms with van der Waals surface area (Å²) >= 11 is 0. The summed E-state index contributed by atoms with van der Waals surface area (Å²) in [4.78, 5) is 9.06. The maximum Gasteiger partial charge on any atom is 0.191 e. The van der Waals surface area contributed by atoms with E-state index in [0.29, 0.717) is 36.3 Å². The third-order valence-corrected chi connectivity index (χ3v) is 4.29. The van der Waals surface area contributed by atoms with Gasteiger partial charge >= 0.3 is 0 Å². The quantitative estimate of drug-likeness (QED) is 0.422. The Kier molecular flexibility index (Phi) is 6.78. The first-order chi connectivity index (χ1) is 14.1. The van der Waals surface area contributed by atoms with Gasteiger partial charge in [0.1, 0.15) is 17.4 Å². The highest BCUT2D eigenvalue weighted by atomic mass is 19.1. The lowest BCUT2D eigenvalue weighted by molar-refractivity contribution is 0.415. The van der Waals surface area contributed by atoms with E-state index in [-0.39, 0.29) is 5.82 Å². The minimum Gasteiger partial charge on any atom is -0.497 e. The Morgan fingerprint density at radius 1 is 1.17 bits per heavy atom. The summed E-state index contributed by atoms with van der Waals surface area (Å²) in [6.45, 7) is 5.36. The van der Waals surface area contributed by atoms with Gasteiger partial charge in [0, 0.05) is 12.1 Å². The molecule has 0 saturated heterocycles. The Bertz CT molecular complexity index is 968. The van der Waals surface area contributed by atoms with Crippen LogP contribution in [-0.2, 0) is 13.1 Å². The van der Waals surface area contributed by atoms with Gasteiger partial charge in [0.05, 0.1) is 20.2 Å². The largest absolute Gasteiger partial charge is 0.497 e. The van der Waals surface area contributed by atoms with Gasteiger partial charge in [-0.05, 0) is 55.3 Å². The molecule has 0 aliphatic carbocycles. The average molecular weight is 396 g/mol. The van der Waals surface area contributed by atoms with E-state index in [1.165, 1.54) is 6.07 Å². The predicted molar refractivity (Wildman–Crippen MR) is 111 cm³/mol. The Labute approximate surface area is 169 Å². The number of hydrogen-bond acceptors (Lipinski definition) is 4. The Balaban J connectivity index is 1.62. The monoisotopic (exact) mass is 396 g/mol. The van der Waals surface area contributed by atoms with Gasteiger partial charge in [0.25, 0.3) is 0 Å². The fraction of sp³-hybridized carbons (Fsp3) is 0.286. The van der Waals surface area contributed by atoms with Crippen molar-refractivity contribution in [1.82, 2.24) is 25.8 Å². The number of hydrogen-bond donors (Lipinski definition) is 3. The van der Waals surface area contributed by atoms with Crippen LogP contribution in [0.25, 0.3) is 11.4 Å². The summed E-state index contributed by atoms with van der Waals surface area (Å²) < 4.78 is 18.6. The lowest BCUT2D eigenvalue weighted by atomic mass is 10.1. The van der Waals surface area contributed by atoms with Gasteiger partial charge < -0.3 is 15.4 Å². The number of methoxy groups -OCH3 is 1. The Morgan fingerprint density at radius 2 is 1.97 bits per heavy atom. The third-order valence-electron chi connectivity index (χ3n) is 4.29. The van der Waals surface area contributed by atoms with Gasteiger partial charge in [-0.15, -0.1) is 0 Å². The molecule has 29 heavy (non-hydrogen) atoms. The van der Waals surface area contributed by atoms with Crippen LogP contribution in [0.2, 0.25) is 0 Å². The number of aromatic amines is 1. The predicted octanol–water partition coefficient (Wildman–Crippen LogP) is 3.18. The second-order valence-corrected chi connectivity index (χ2v) is 6.47. The van der Waals surface area contributed by atoms with Crippen molar-refractivity contribution in [2.45, 2.75) is 26.9 Å². The van der Waals surface area contributed by atoms with E-state index in [1.807, 2.05) is 31.2 Å². The van der Waals surface area contributed by atoms with Gasteiger partial charge in [-0.3, -0.25) is 5.10 Å². The van der Waals surface area contributed by atoms with E-state index < -0.39 is 0 Å². The van der Waals surface area contributed by atoms with Crippen LogP contribution >= 0.6 is 0 Å². The number of aromatic nitrogens is 3. The number of nitrogens with one attached hydrogen (secondary N) is 3. The van der Waals surface area contributed by atoms with Crippen molar-refractivity contribution < 1.29 is 9.13 Å². The van der Waals surface area contributed by atoms with Crippen LogP contribution in [0, 0.1) is 12.7 Å². The summed E-state index contributed by atoms with van der Waals surface area (Å²) in [5, 5.41) is 13.6. The highest BCUT2D eigenvalue weighted by molar-refractivity contribution is 5.79. The van der Waals surface area contributed by atoms with E-state index in [1.54, 1.807) is 26.2 Å². The van der Waals surface area contributed by atoms with Gasteiger partial charge in [0.15, 0.2) is 11.8 Å². The smallest absolute Gasteiger partial charge is 0.191 e. The summed E-state index contributed by atoms with van der Waals surface area (Å²) in [5.41, 5.74) is 2.46. The van der Waals surface area contributed by atoms with Crippen molar-refractivity contribution in [3.63, 3.8) is 0 Å². The second-order valence-electron chi connectivity index (χ2n) is 6.47. The molecule has 7 nitrogen and oxygen atoms in total. The van der Waals surface area contributed by atoms with E-state index >= 15 is 0 Å². The molecule has 3 rings (SSSR count). The SMILES string of the molecule is CCNC(=NCc1ccc(F)c(C)c1)NCc1nc(-c2ccc(OC)cc2)n[nH]1. The summed E-state index contributed by atoms with van der Waals surface area (Å²) in [5.74, 6) is 2.54. The lowest BCUT2D eigenvalue weighted by Crippen LogP contribution is -2.37. The van der Waals surface area contributed by atoms with Gasteiger partial charge in [-0.25, -0.2) is 14.4 Å². The first-order valence-electron chi connectivity index (χ1n) is 9.42. The van der Waals surface area contributed by atoms with Crippen LogP contribution in [0.15, 0.2) is 47.5 Å². The molecule has 0 unspecified atom stereocenters. The molecule has 3 N–H and O–H groups in total. The van der Waals surface area contributed by atoms with Crippen LogP contribution in [0.5, 0.6) is 5.75 Å². The van der Waals surface area contributed by atoms with Crippen LogP contribution < -0.4 is 15.4 Å². The zero-order chi connectivity index (χ0) is 20.6. The number of H-pyrrole nitrogens is 1. The van der Waals surface area contributed by atoms with Crippen molar-refractivity contribution in [1.29, 1.82) is 0 Å². The second kappa shape index (κ2) is 9.68. The number of rotatable bonds is 7. The Hall–Kier alpha value is -3.42. The minimum absolute atomic E-state index is 0.208. The van der Waals surface area contributed by atoms with Crippen LogP contribution in [0.3, 0.4) is 0 Å². The number of nitrogens with zero attached hydrogens (tertiary/aromatic N) is 3. The maximum atomic E-state index is 13.4. The molecule has 3 aromatic rings. The van der Waals surface area contributed by atoms with Crippen LogP contribution in [0.1, 0.15) is 23.9 Å². The molecule has 1 aromatic heterocycles. The van der Waals surface area contributed by atoms with E-state index in [4.69, 9.17) is 4.74 Å². The molecule has 152 valence electrons. The highest BCUT2D eigenvalue weighted by Gasteiger charge is 2.07. The maximum absolute atomic E-state index is 13.4. The molecule has 0 saturated carbocycles. The van der Waals surface area contributed by atoms with E-state index in [9.17, 15) is 4.39 Å². The van der Waals surface area contributed by atoms with Gasteiger partial charge in [-0.2, -0.15) is 5.10 Å². The first-order valence-corrected chi connectivity index (χ1v) is 9.42. The average Bonchev–Trinajstić information content (AvgIpc) is 3.21. The first kappa shape index (κ1) is 20.3. The molecule has 0 amide bonds. The number of guanidine groups is 1. The summed E-state index contributed by atoms with van der Waals surface area (Å²) in [6, 6.07) is 12.6. The van der Waals surface area contributed by atoms with Gasteiger partial charge in [0.2, 0.25) is 0 Å². The zero-order valence-electron chi connectivity index (χ0n) is 16.8. The number of halogens is 1. The summed E-state index contributed by atoms with van der Waals surface area (Å²) in [7, 11) is 1.63. The van der Waals surface area contributed by atoms with Crippen molar-refractivity contribution in [2.75, 3.05) is 13.7 Å². The van der Waals surface area contributed by atoms with Crippen molar-refractivity contribution in [2.24, 2.45) is 4.99 Å². The van der Waals surface area contributed by atoms with Crippen LogP contribution in [0.4, 0.5) is 4.39 Å². The molecular formula is C21H25FN6O. The molecule has 0 radical (unpaired) electrons. The molecule has 0 aliphatic rings. The van der Waals surface area contributed by atoms with Crippen molar-refractivity contribution >= 4 is 5.96 Å². The van der Waals surface area contributed by atoms with E-state index in [2.05, 4.69) is 30.8 Å². The fourth-order valence-electron chi connectivity index (χ4n) is 2.73. The van der Waals surface area contributed by atoms with Gasteiger partial charge in [-0.1, -0.05) is 12.1 Å². The molecular weight excluding hydrogens is 371 g/mol. The molecule has 0 spiro atoms. The third kappa shape index (κ3) is 5.54. The topological polar surface area (TPSA) is 87.2 Å². The van der Waals surface area contributed by atoms with Crippen molar-refractivity contribution in [3.05, 3.63) is 65.2 Å². The molecule has 0 aliphatic heterocycles. The molecule has 8 heteroatoms. The number of ether oxygens (including phenoxy) is 1. The van der Waals surface area contributed by atoms with E-state index in [0.717, 1.165) is 23.4 Å². The molecule has 0 atom stereocenters. The fourth-order valence-corrected chi connectivity index (χ4v) is 2.73. The Morgan fingerprint density at radius 3 is 2.66 bits per heavy atom. The number of aliphatic imine (C=N–C) groups is 1.